The predicted molar refractivity (Wildman–Crippen MR) is 65.2 cm³/mol. The lowest BCUT2D eigenvalue weighted by molar-refractivity contribution is -0.178. The van der Waals surface area contributed by atoms with Crippen LogP contribution in [-0.2, 0) is 10.0 Å². The van der Waals surface area contributed by atoms with Crippen molar-refractivity contribution >= 4 is 10.0 Å². The van der Waals surface area contributed by atoms with Crippen molar-refractivity contribution in [1.29, 1.82) is 0 Å². The van der Waals surface area contributed by atoms with Crippen molar-refractivity contribution < 1.29 is 21.6 Å². The molecule has 20 heavy (non-hydrogen) atoms. The molecule has 0 radical (unpaired) electrons. The molecule has 1 saturated heterocycles. The van der Waals surface area contributed by atoms with E-state index in [0.29, 0.717) is 4.31 Å². The van der Waals surface area contributed by atoms with Gasteiger partial charge in [0, 0.05) is 25.0 Å². The molecule has 0 aromatic carbocycles. The van der Waals surface area contributed by atoms with E-state index in [1.165, 1.54) is 18.3 Å². The number of sulfonamides is 1. The fourth-order valence-corrected chi connectivity index (χ4v) is 3.86. The van der Waals surface area contributed by atoms with E-state index in [-0.39, 0.29) is 24.3 Å². The summed E-state index contributed by atoms with van der Waals surface area (Å²) in [6.45, 7) is -0.346. The van der Waals surface area contributed by atoms with Gasteiger partial charge in [0.15, 0.2) is 0 Å². The lowest BCUT2D eigenvalue weighted by Gasteiger charge is -2.38. The van der Waals surface area contributed by atoms with Crippen LogP contribution >= 0.6 is 0 Å². The first-order chi connectivity index (χ1) is 9.23. The van der Waals surface area contributed by atoms with Crippen molar-refractivity contribution in [3.8, 4) is 0 Å². The minimum absolute atomic E-state index is 0.142. The molecule has 9 heteroatoms. The highest BCUT2D eigenvalue weighted by molar-refractivity contribution is 7.89. The molecule has 1 fully saturated rings. The largest absolute Gasteiger partial charge is 0.405 e. The Hall–Kier alpha value is -1.19. The summed E-state index contributed by atoms with van der Waals surface area (Å²) in [4.78, 5) is 3.37. The highest BCUT2D eigenvalue weighted by Crippen LogP contribution is 2.34. The molecule has 0 spiro atoms. The van der Waals surface area contributed by atoms with Gasteiger partial charge in [0.2, 0.25) is 10.0 Å². The van der Waals surface area contributed by atoms with Crippen molar-refractivity contribution in [2.45, 2.75) is 36.0 Å². The van der Waals surface area contributed by atoms with E-state index in [9.17, 15) is 21.6 Å². The molecule has 1 aliphatic rings. The van der Waals surface area contributed by atoms with Crippen LogP contribution in [0.15, 0.2) is 29.4 Å². The van der Waals surface area contributed by atoms with Gasteiger partial charge in [0.05, 0.1) is 0 Å². The standard InChI is InChI=1S/C11H14F3N3O2S/c12-11(13,14)10-4-3-8(15)7-17(10)20(18,19)9-2-1-5-16-6-9/h1-2,5-6,8,10H,3-4,7,15H2. The summed E-state index contributed by atoms with van der Waals surface area (Å²) in [5.41, 5.74) is 5.62. The Morgan fingerprint density at radius 1 is 1.35 bits per heavy atom. The smallest absolute Gasteiger partial charge is 0.327 e. The third kappa shape index (κ3) is 2.94. The number of hydrogen-bond donors (Lipinski definition) is 1. The van der Waals surface area contributed by atoms with E-state index < -0.39 is 28.3 Å². The van der Waals surface area contributed by atoms with Crippen molar-refractivity contribution in [1.82, 2.24) is 9.29 Å². The van der Waals surface area contributed by atoms with E-state index in [1.807, 2.05) is 0 Å². The summed E-state index contributed by atoms with van der Waals surface area (Å²) in [7, 11) is -4.26. The molecule has 0 bridgehead atoms. The summed E-state index contributed by atoms with van der Waals surface area (Å²) in [6.07, 6.45) is -2.42. The number of halogens is 3. The number of rotatable bonds is 2. The average Bonchev–Trinajstić information content (AvgIpc) is 2.38. The Morgan fingerprint density at radius 2 is 2.05 bits per heavy atom. The first kappa shape index (κ1) is 15.2. The summed E-state index contributed by atoms with van der Waals surface area (Å²) in [5, 5.41) is 0. The highest BCUT2D eigenvalue weighted by Gasteiger charge is 2.50. The SMILES string of the molecule is NC1CCC(C(F)(F)F)N(S(=O)(=O)c2cccnc2)C1. The molecule has 2 N–H and O–H groups in total. The Kier molecular flexibility index (Phi) is 4.03. The van der Waals surface area contributed by atoms with Crippen molar-refractivity contribution in [2.24, 2.45) is 5.73 Å². The molecule has 112 valence electrons. The van der Waals surface area contributed by atoms with Crippen molar-refractivity contribution in [3.05, 3.63) is 24.5 Å². The maximum absolute atomic E-state index is 13.0. The number of nitrogens with two attached hydrogens (primary N) is 1. The zero-order chi connectivity index (χ0) is 15.0. The van der Waals surface area contributed by atoms with Crippen molar-refractivity contribution in [2.75, 3.05) is 6.54 Å². The number of piperidine rings is 1. The fourth-order valence-electron chi connectivity index (χ4n) is 2.19. The zero-order valence-corrected chi connectivity index (χ0v) is 11.2. The summed E-state index contributed by atoms with van der Waals surface area (Å²) in [5.74, 6) is 0. The van der Waals surface area contributed by atoms with Crippen LogP contribution in [0.25, 0.3) is 0 Å². The Labute approximate surface area is 114 Å². The second-order valence-electron chi connectivity index (χ2n) is 4.66. The molecule has 1 aliphatic heterocycles. The maximum Gasteiger partial charge on any atom is 0.405 e. The minimum atomic E-state index is -4.62. The Balaban J connectivity index is 2.41. The van der Waals surface area contributed by atoms with E-state index in [4.69, 9.17) is 5.73 Å². The number of aromatic nitrogens is 1. The van der Waals surface area contributed by atoms with Gasteiger partial charge in [0.25, 0.3) is 0 Å². The Morgan fingerprint density at radius 3 is 2.60 bits per heavy atom. The summed E-state index contributed by atoms with van der Waals surface area (Å²) < 4.78 is 64.1. The van der Waals surface area contributed by atoms with Crippen LogP contribution in [0.2, 0.25) is 0 Å². The zero-order valence-electron chi connectivity index (χ0n) is 10.4. The first-order valence-corrected chi connectivity index (χ1v) is 7.41. The Bertz CT molecular complexity index is 562. The summed E-state index contributed by atoms with van der Waals surface area (Å²) >= 11 is 0. The average molecular weight is 309 g/mol. The molecule has 2 atom stereocenters. The number of alkyl halides is 3. The molecule has 5 nitrogen and oxygen atoms in total. The summed E-state index contributed by atoms with van der Waals surface area (Å²) in [6, 6.07) is -0.0533. The van der Waals surface area contributed by atoms with Crippen LogP contribution in [-0.4, -0.2) is 42.5 Å². The van der Waals surface area contributed by atoms with Crippen molar-refractivity contribution in [3.63, 3.8) is 0 Å². The second-order valence-corrected chi connectivity index (χ2v) is 6.55. The van der Waals surface area contributed by atoms with Crippen LogP contribution in [0, 0.1) is 0 Å². The van der Waals surface area contributed by atoms with E-state index in [1.54, 1.807) is 0 Å². The van der Waals surface area contributed by atoms with E-state index in [0.717, 1.165) is 6.20 Å². The van der Waals surface area contributed by atoms with Gasteiger partial charge in [-0.15, -0.1) is 0 Å². The number of pyridine rings is 1. The second kappa shape index (κ2) is 5.30. The van der Waals surface area contributed by atoms with Crippen LogP contribution < -0.4 is 5.73 Å². The monoisotopic (exact) mass is 309 g/mol. The van der Waals surface area contributed by atoms with E-state index in [2.05, 4.69) is 4.98 Å². The number of hydrogen-bond acceptors (Lipinski definition) is 4. The maximum atomic E-state index is 13.0. The van der Waals surface area contributed by atoms with Gasteiger partial charge in [0.1, 0.15) is 10.9 Å². The van der Waals surface area contributed by atoms with Crippen LogP contribution in [0.5, 0.6) is 0 Å². The minimum Gasteiger partial charge on any atom is -0.327 e. The molecule has 0 saturated carbocycles. The van der Waals surface area contributed by atoms with Crippen LogP contribution in [0.1, 0.15) is 12.8 Å². The predicted octanol–water partition coefficient (Wildman–Crippen LogP) is 1.12. The molecule has 2 unspecified atom stereocenters. The molecular weight excluding hydrogens is 295 g/mol. The van der Waals surface area contributed by atoms with Gasteiger partial charge in [-0.05, 0) is 25.0 Å². The lowest BCUT2D eigenvalue weighted by atomic mass is 10.0. The van der Waals surface area contributed by atoms with Gasteiger partial charge in [-0.25, -0.2) is 8.42 Å². The van der Waals surface area contributed by atoms with Crippen LogP contribution in [0.4, 0.5) is 13.2 Å². The number of nitrogens with zero attached hydrogens (tertiary/aromatic N) is 2. The topological polar surface area (TPSA) is 76.3 Å². The van der Waals surface area contributed by atoms with Gasteiger partial charge in [-0.3, -0.25) is 4.98 Å². The third-order valence-corrected chi connectivity index (χ3v) is 5.05. The van der Waals surface area contributed by atoms with Crippen LogP contribution in [0.3, 0.4) is 0 Å². The fraction of sp³-hybridized carbons (Fsp3) is 0.545. The van der Waals surface area contributed by atoms with Gasteiger partial charge < -0.3 is 5.73 Å². The normalized spacial score (nSPS) is 25.6. The van der Waals surface area contributed by atoms with Gasteiger partial charge in [-0.2, -0.15) is 17.5 Å². The first-order valence-electron chi connectivity index (χ1n) is 5.97. The van der Waals surface area contributed by atoms with E-state index >= 15 is 0 Å². The molecular formula is C11H14F3N3O2S. The van der Waals surface area contributed by atoms with Gasteiger partial charge in [-0.1, -0.05) is 0 Å². The molecule has 1 aromatic rings. The molecule has 0 aliphatic carbocycles. The molecule has 2 heterocycles. The molecule has 2 rings (SSSR count). The third-order valence-electron chi connectivity index (χ3n) is 3.19. The quantitative estimate of drug-likeness (QED) is 0.888. The van der Waals surface area contributed by atoms with Gasteiger partial charge >= 0.3 is 6.18 Å². The molecule has 1 aromatic heterocycles. The lowest BCUT2D eigenvalue weighted by Crippen LogP contribution is -2.56. The molecule has 0 amide bonds. The highest BCUT2D eigenvalue weighted by atomic mass is 32.2.